The van der Waals surface area contributed by atoms with Gasteiger partial charge < -0.3 is 15.0 Å². The standard InChI is InChI=1S/C16H24N6O2/c1-4-22-14(8-23)20-21-16(22)11-5-12(6-11)17-15(24)7-13-9(2)18-19-10(13)3/h11-12,23H,4-8H2,1-3H3,(H,17,24)(H,18,19). The lowest BCUT2D eigenvalue weighted by Crippen LogP contribution is -2.44. The molecule has 1 aliphatic rings. The average Bonchev–Trinajstić information content (AvgIpc) is 3.07. The Balaban J connectivity index is 1.54. The van der Waals surface area contributed by atoms with Crippen LogP contribution in [0.25, 0.3) is 0 Å². The molecule has 0 unspecified atom stereocenters. The molecule has 2 heterocycles. The third-order valence-electron chi connectivity index (χ3n) is 4.80. The number of aromatic amines is 1. The highest BCUT2D eigenvalue weighted by atomic mass is 16.3. The number of hydrogen-bond acceptors (Lipinski definition) is 5. The summed E-state index contributed by atoms with van der Waals surface area (Å²) in [6.07, 6.45) is 2.08. The van der Waals surface area contributed by atoms with E-state index in [2.05, 4.69) is 25.7 Å². The van der Waals surface area contributed by atoms with E-state index in [1.807, 2.05) is 25.3 Å². The van der Waals surface area contributed by atoms with Crippen molar-refractivity contribution in [1.82, 2.24) is 30.3 Å². The second kappa shape index (κ2) is 6.72. The Labute approximate surface area is 140 Å². The Kier molecular flexibility index (Phi) is 4.66. The third-order valence-corrected chi connectivity index (χ3v) is 4.80. The molecular weight excluding hydrogens is 308 g/mol. The predicted octanol–water partition coefficient (Wildman–Crippen LogP) is 0.735. The number of amides is 1. The van der Waals surface area contributed by atoms with Crippen LogP contribution in [0.1, 0.15) is 54.3 Å². The average molecular weight is 332 g/mol. The Morgan fingerprint density at radius 1 is 1.38 bits per heavy atom. The highest BCUT2D eigenvalue weighted by molar-refractivity contribution is 5.79. The minimum atomic E-state index is -0.100. The van der Waals surface area contributed by atoms with E-state index >= 15 is 0 Å². The molecule has 8 heteroatoms. The van der Waals surface area contributed by atoms with E-state index in [1.165, 1.54) is 0 Å². The maximum Gasteiger partial charge on any atom is 0.224 e. The number of aliphatic hydroxyl groups is 1. The van der Waals surface area contributed by atoms with Gasteiger partial charge >= 0.3 is 0 Å². The zero-order valence-electron chi connectivity index (χ0n) is 14.3. The number of nitrogens with one attached hydrogen (secondary N) is 2. The molecule has 130 valence electrons. The lowest BCUT2D eigenvalue weighted by molar-refractivity contribution is -0.121. The van der Waals surface area contributed by atoms with Crippen molar-refractivity contribution >= 4 is 5.91 Å². The van der Waals surface area contributed by atoms with E-state index in [-0.39, 0.29) is 18.6 Å². The molecule has 8 nitrogen and oxygen atoms in total. The Hall–Kier alpha value is -2.22. The van der Waals surface area contributed by atoms with Gasteiger partial charge in [0.25, 0.3) is 0 Å². The molecule has 0 spiro atoms. The molecule has 0 aliphatic heterocycles. The van der Waals surface area contributed by atoms with Gasteiger partial charge in [0.05, 0.1) is 12.1 Å². The highest BCUT2D eigenvalue weighted by Gasteiger charge is 2.35. The van der Waals surface area contributed by atoms with Crippen LogP contribution < -0.4 is 5.32 Å². The molecule has 1 fully saturated rings. The summed E-state index contributed by atoms with van der Waals surface area (Å²) in [6, 6.07) is 0.176. The maximum absolute atomic E-state index is 12.2. The van der Waals surface area contributed by atoms with Crippen LogP contribution in [0, 0.1) is 13.8 Å². The van der Waals surface area contributed by atoms with E-state index in [9.17, 15) is 9.90 Å². The third kappa shape index (κ3) is 3.06. The van der Waals surface area contributed by atoms with Crippen LogP contribution in [0.4, 0.5) is 0 Å². The van der Waals surface area contributed by atoms with Gasteiger partial charge in [-0.3, -0.25) is 9.89 Å². The monoisotopic (exact) mass is 332 g/mol. The van der Waals surface area contributed by atoms with E-state index in [1.54, 1.807) is 0 Å². The number of carbonyl (C=O) groups excluding carboxylic acids is 1. The van der Waals surface area contributed by atoms with Crippen LogP contribution in [0.2, 0.25) is 0 Å². The molecule has 1 aliphatic carbocycles. The van der Waals surface area contributed by atoms with Crippen molar-refractivity contribution in [3.05, 3.63) is 28.6 Å². The van der Waals surface area contributed by atoms with E-state index in [4.69, 9.17) is 0 Å². The minimum Gasteiger partial charge on any atom is -0.388 e. The molecule has 2 aromatic heterocycles. The zero-order chi connectivity index (χ0) is 17.3. The maximum atomic E-state index is 12.2. The summed E-state index contributed by atoms with van der Waals surface area (Å²) in [4.78, 5) is 12.2. The largest absolute Gasteiger partial charge is 0.388 e. The van der Waals surface area contributed by atoms with E-state index in [0.29, 0.717) is 18.2 Å². The first-order chi connectivity index (χ1) is 11.5. The second-order valence-electron chi connectivity index (χ2n) is 6.40. The minimum absolute atomic E-state index is 0.0269. The fraction of sp³-hybridized carbons (Fsp3) is 0.625. The smallest absolute Gasteiger partial charge is 0.224 e. The van der Waals surface area contributed by atoms with Crippen molar-refractivity contribution in [2.24, 2.45) is 0 Å². The van der Waals surface area contributed by atoms with Gasteiger partial charge in [-0.05, 0) is 33.6 Å². The molecule has 0 aromatic carbocycles. The summed E-state index contributed by atoms with van der Waals surface area (Å²) in [5.74, 6) is 1.83. The van der Waals surface area contributed by atoms with Crippen LogP contribution in [-0.4, -0.2) is 42.0 Å². The van der Waals surface area contributed by atoms with E-state index in [0.717, 1.165) is 42.2 Å². The van der Waals surface area contributed by atoms with Gasteiger partial charge in [0.1, 0.15) is 12.4 Å². The number of hydrogen-bond donors (Lipinski definition) is 3. The first-order valence-electron chi connectivity index (χ1n) is 8.36. The Morgan fingerprint density at radius 2 is 2.12 bits per heavy atom. The van der Waals surface area contributed by atoms with Crippen molar-refractivity contribution in [1.29, 1.82) is 0 Å². The normalized spacial score (nSPS) is 20.0. The summed E-state index contributed by atoms with van der Waals surface area (Å²) >= 11 is 0. The van der Waals surface area contributed by atoms with Crippen LogP contribution in [0.5, 0.6) is 0 Å². The quantitative estimate of drug-likeness (QED) is 0.723. The number of aliphatic hydroxyl groups excluding tert-OH is 1. The van der Waals surface area contributed by atoms with Crippen molar-refractivity contribution < 1.29 is 9.90 Å². The van der Waals surface area contributed by atoms with Crippen molar-refractivity contribution in [3.63, 3.8) is 0 Å². The van der Waals surface area contributed by atoms with Crippen LogP contribution in [0.15, 0.2) is 0 Å². The van der Waals surface area contributed by atoms with Crippen molar-refractivity contribution in [3.8, 4) is 0 Å². The SMILES string of the molecule is CCn1c(CO)nnc1C1CC(NC(=O)Cc2c(C)n[nH]c2C)C1. The summed E-state index contributed by atoms with van der Waals surface area (Å²) in [5.41, 5.74) is 2.80. The van der Waals surface area contributed by atoms with Gasteiger partial charge in [-0.2, -0.15) is 5.10 Å². The van der Waals surface area contributed by atoms with Crippen LogP contribution in [0.3, 0.4) is 0 Å². The summed E-state index contributed by atoms with van der Waals surface area (Å²) in [6.45, 7) is 6.49. The Bertz CT molecular complexity index is 710. The van der Waals surface area contributed by atoms with Crippen LogP contribution in [-0.2, 0) is 24.4 Å². The second-order valence-corrected chi connectivity index (χ2v) is 6.40. The number of aromatic nitrogens is 5. The molecule has 0 atom stereocenters. The lowest BCUT2D eigenvalue weighted by Gasteiger charge is -2.35. The van der Waals surface area contributed by atoms with Gasteiger partial charge in [0.15, 0.2) is 5.82 Å². The molecule has 1 saturated carbocycles. The Morgan fingerprint density at radius 3 is 2.71 bits per heavy atom. The zero-order valence-corrected chi connectivity index (χ0v) is 14.3. The fourth-order valence-electron chi connectivity index (χ4n) is 3.33. The van der Waals surface area contributed by atoms with Crippen molar-refractivity contribution in [2.75, 3.05) is 0 Å². The van der Waals surface area contributed by atoms with E-state index < -0.39 is 0 Å². The number of carbonyl (C=O) groups is 1. The summed E-state index contributed by atoms with van der Waals surface area (Å²) in [7, 11) is 0. The van der Waals surface area contributed by atoms with Gasteiger partial charge in [-0.15, -0.1) is 10.2 Å². The van der Waals surface area contributed by atoms with Gasteiger partial charge in [-0.25, -0.2) is 0 Å². The summed E-state index contributed by atoms with van der Waals surface area (Å²) in [5, 5.41) is 27.6. The number of rotatable bonds is 6. The fourth-order valence-corrected chi connectivity index (χ4v) is 3.33. The molecule has 0 bridgehead atoms. The molecule has 0 saturated heterocycles. The molecule has 1 amide bonds. The molecule has 3 N–H and O–H groups in total. The topological polar surface area (TPSA) is 109 Å². The van der Waals surface area contributed by atoms with Gasteiger partial charge in [0.2, 0.25) is 5.91 Å². The summed E-state index contributed by atoms with van der Waals surface area (Å²) < 4.78 is 1.96. The van der Waals surface area contributed by atoms with Gasteiger partial charge in [0, 0.05) is 29.8 Å². The lowest BCUT2D eigenvalue weighted by atomic mass is 9.79. The number of aryl methyl sites for hydroxylation is 2. The van der Waals surface area contributed by atoms with Crippen LogP contribution >= 0.6 is 0 Å². The first kappa shape index (κ1) is 16.6. The molecule has 3 rings (SSSR count). The number of nitrogens with zero attached hydrogens (tertiary/aromatic N) is 4. The molecule has 24 heavy (non-hydrogen) atoms. The van der Waals surface area contributed by atoms with Crippen molar-refractivity contribution in [2.45, 2.75) is 65.1 Å². The molecule has 2 aromatic rings. The first-order valence-corrected chi connectivity index (χ1v) is 8.36. The molecule has 0 radical (unpaired) electrons. The van der Waals surface area contributed by atoms with Gasteiger partial charge in [-0.1, -0.05) is 0 Å². The predicted molar refractivity (Wildman–Crippen MR) is 87.3 cm³/mol. The molecular formula is C16H24N6O2. The number of H-pyrrole nitrogens is 1. The highest BCUT2D eigenvalue weighted by Crippen LogP contribution is 2.36.